The first-order valence-electron chi connectivity index (χ1n) is 10.1. The number of carboxylic acids is 1. The Morgan fingerprint density at radius 3 is 2.48 bits per heavy atom. The second-order valence-electron chi connectivity index (χ2n) is 7.70. The smallest absolute Gasteiger partial charge is 0.356 e. The van der Waals surface area contributed by atoms with E-state index in [-0.39, 0.29) is 17.8 Å². The molecule has 1 aromatic carbocycles. The molecule has 0 aliphatic carbocycles. The number of carbonyl (C=O) groups is 2. The minimum Gasteiger partial charge on any atom is -0.488 e. The number of hydrogen-bond acceptors (Lipinski definition) is 5. The number of piperidine rings is 1. The van der Waals surface area contributed by atoms with E-state index >= 15 is 0 Å². The zero-order valence-electron chi connectivity index (χ0n) is 16.6. The normalized spacial score (nSPS) is 17.6. The van der Waals surface area contributed by atoms with E-state index in [0.29, 0.717) is 13.1 Å². The molecule has 3 heterocycles. The summed E-state index contributed by atoms with van der Waals surface area (Å²) in [6.07, 6.45) is 5.33. The van der Waals surface area contributed by atoms with E-state index in [1.807, 2.05) is 0 Å². The van der Waals surface area contributed by atoms with Crippen molar-refractivity contribution in [3.8, 4) is 5.75 Å². The van der Waals surface area contributed by atoms with E-state index in [4.69, 9.17) is 9.84 Å². The van der Waals surface area contributed by atoms with Gasteiger partial charge in [-0.25, -0.2) is 9.59 Å². The van der Waals surface area contributed by atoms with Gasteiger partial charge in [0.25, 0.3) is 0 Å². The summed E-state index contributed by atoms with van der Waals surface area (Å²) in [6, 6.07) is 7.34. The predicted molar refractivity (Wildman–Crippen MR) is 108 cm³/mol. The molecule has 2 aliphatic rings. The van der Waals surface area contributed by atoms with Crippen molar-refractivity contribution in [2.24, 2.45) is 0 Å². The molecule has 1 amide bonds. The van der Waals surface area contributed by atoms with Crippen LogP contribution in [0.3, 0.4) is 0 Å². The number of nitrogens with zero attached hydrogens (tertiary/aromatic N) is 4. The van der Waals surface area contributed by atoms with Gasteiger partial charge in [0.15, 0.2) is 5.69 Å². The standard InChI is InChI=1S/C21H26N4O4/c1-15-4-5-19(18(14-15)23-9-2-3-10-23)29-16-6-11-24(12-7-16)21(28)25-13-8-17(22-25)20(26)27/h4-5,8,13-14,16H,2-3,6-7,9-12H2,1H3,(H,26,27). The SMILES string of the molecule is Cc1ccc(OC2CCN(C(=O)n3ccc(C(=O)O)n3)CC2)c(N2CCCC2)c1. The first-order chi connectivity index (χ1) is 14.0. The first-order valence-corrected chi connectivity index (χ1v) is 10.1. The molecule has 4 rings (SSSR count). The molecular weight excluding hydrogens is 372 g/mol. The van der Waals surface area contributed by atoms with E-state index in [1.165, 1.54) is 36.4 Å². The molecule has 8 nitrogen and oxygen atoms in total. The molecule has 0 spiro atoms. The van der Waals surface area contributed by atoms with E-state index in [0.717, 1.165) is 36.4 Å². The van der Waals surface area contributed by atoms with Crippen molar-refractivity contribution < 1.29 is 19.4 Å². The van der Waals surface area contributed by atoms with Crippen LogP contribution in [0, 0.1) is 6.92 Å². The fraction of sp³-hybridized carbons (Fsp3) is 0.476. The van der Waals surface area contributed by atoms with Crippen LogP contribution in [0.1, 0.15) is 41.7 Å². The largest absolute Gasteiger partial charge is 0.488 e. The van der Waals surface area contributed by atoms with Gasteiger partial charge in [-0.3, -0.25) is 0 Å². The Bertz CT molecular complexity index is 896. The van der Waals surface area contributed by atoms with Gasteiger partial charge in [-0.05, 0) is 43.5 Å². The highest BCUT2D eigenvalue weighted by Crippen LogP contribution is 2.33. The Labute approximate surface area is 169 Å². The molecule has 0 unspecified atom stereocenters. The number of likely N-dealkylation sites (tertiary alicyclic amines) is 1. The number of aromatic nitrogens is 2. The molecule has 154 valence electrons. The molecule has 0 atom stereocenters. The lowest BCUT2D eigenvalue weighted by molar-refractivity contribution is 0.0690. The van der Waals surface area contributed by atoms with Crippen molar-refractivity contribution in [1.29, 1.82) is 0 Å². The average molecular weight is 398 g/mol. The number of carboxylic acid groups (broad SMARTS) is 1. The van der Waals surface area contributed by atoms with Crippen LogP contribution in [0.25, 0.3) is 0 Å². The highest BCUT2D eigenvalue weighted by atomic mass is 16.5. The summed E-state index contributed by atoms with van der Waals surface area (Å²) >= 11 is 0. The predicted octanol–water partition coefficient (Wildman–Crippen LogP) is 3.00. The van der Waals surface area contributed by atoms with Gasteiger partial charge in [0.1, 0.15) is 11.9 Å². The number of hydrogen-bond donors (Lipinski definition) is 1. The number of anilines is 1. The van der Waals surface area contributed by atoms with Crippen molar-refractivity contribution in [3.63, 3.8) is 0 Å². The summed E-state index contributed by atoms with van der Waals surface area (Å²) in [6.45, 7) is 5.33. The van der Waals surface area contributed by atoms with Gasteiger partial charge in [-0.15, -0.1) is 0 Å². The van der Waals surface area contributed by atoms with Gasteiger partial charge in [-0.1, -0.05) is 6.07 Å². The highest BCUT2D eigenvalue weighted by molar-refractivity contribution is 5.86. The van der Waals surface area contributed by atoms with E-state index < -0.39 is 5.97 Å². The second-order valence-corrected chi connectivity index (χ2v) is 7.70. The number of carbonyl (C=O) groups excluding carboxylic acids is 1. The maximum atomic E-state index is 12.6. The molecule has 2 aromatic rings. The van der Waals surface area contributed by atoms with Crippen molar-refractivity contribution in [1.82, 2.24) is 14.7 Å². The Hall–Kier alpha value is -3.03. The lowest BCUT2D eigenvalue weighted by Crippen LogP contribution is -2.43. The maximum Gasteiger partial charge on any atom is 0.356 e. The molecule has 0 radical (unpaired) electrons. The Morgan fingerprint density at radius 2 is 1.83 bits per heavy atom. The fourth-order valence-electron chi connectivity index (χ4n) is 3.97. The van der Waals surface area contributed by atoms with Crippen LogP contribution < -0.4 is 9.64 Å². The third-order valence-corrected chi connectivity index (χ3v) is 5.57. The van der Waals surface area contributed by atoms with Crippen LogP contribution in [-0.4, -0.2) is 64.1 Å². The fourth-order valence-corrected chi connectivity index (χ4v) is 3.97. The topological polar surface area (TPSA) is 87.9 Å². The number of ether oxygens (including phenoxy) is 1. The van der Waals surface area contributed by atoms with Crippen LogP contribution >= 0.6 is 0 Å². The van der Waals surface area contributed by atoms with Gasteiger partial charge in [-0.2, -0.15) is 9.78 Å². The quantitative estimate of drug-likeness (QED) is 0.852. The first kappa shape index (κ1) is 19.3. The average Bonchev–Trinajstić information content (AvgIpc) is 3.42. The summed E-state index contributed by atoms with van der Waals surface area (Å²) in [5.74, 6) is -0.226. The molecule has 1 N–H and O–H groups in total. The van der Waals surface area contributed by atoms with Crippen molar-refractivity contribution >= 4 is 17.7 Å². The molecule has 2 fully saturated rings. The Balaban J connectivity index is 1.38. The van der Waals surface area contributed by atoms with Gasteiger partial charge in [0.2, 0.25) is 0 Å². The molecule has 8 heteroatoms. The number of aryl methyl sites for hydroxylation is 1. The maximum absolute atomic E-state index is 12.6. The molecule has 2 saturated heterocycles. The van der Waals surface area contributed by atoms with E-state index in [9.17, 15) is 9.59 Å². The zero-order chi connectivity index (χ0) is 20.4. The molecule has 1 aromatic heterocycles. The zero-order valence-corrected chi connectivity index (χ0v) is 16.6. The van der Waals surface area contributed by atoms with Crippen molar-refractivity contribution in [2.75, 3.05) is 31.1 Å². The van der Waals surface area contributed by atoms with Gasteiger partial charge in [0, 0.05) is 45.2 Å². The van der Waals surface area contributed by atoms with Crippen LogP contribution in [-0.2, 0) is 0 Å². The highest BCUT2D eigenvalue weighted by Gasteiger charge is 2.27. The van der Waals surface area contributed by atoms with Crippen LogP contribution in [0.5, 0.6) is 5.75 Å². The van der Waals surface area contributed by atoms with Gasteiger partial charge >= 0.3 is 12.0 Å². The third kappa shape index (κ3) is 4.21. The minimum atomic E-state index is -1.14. The lowest BCUT2D eigenvalue weighted by Gasteiger charge is -2.33. The number of rotatable bonds is 4. The lowest BCUT2D eigenvalue weighted by atomic mass is 10.1. The summed E-state index contributed by atoms with van der Waals surface area (Å²) in [7, 11) is 0. The van der Waals surface area contributed by atoms with Gasteiger partial charge in [0.05, 0.1) is 5.69 Å². The number of aromatic carboxylic acids is 1. The Morgan fingerprint density at radius 1 is 1.10 bits per heavy atom. The molecule has 0 saturated carbocycles. The van der Waals surface area contributed by atoms with Crippen LogP contribution in [0.15, 0.2) is 30.5 Å². The van der Waals surface area contributed by atoms with Gasteiger partial charge < -0.3 is 19.6 Å². The third-order valence-electron chi connectivity index (χ3n) is 5.57. The number of amides is 1. The monoisotopic (exact) mass is 398 g/mol. The number of benzene rings is 1. The summed E-state index contributed by atoms with van der Waals surface area (Å²) in [5.41, 5.74) is 2.25. The molecular formula is C21H26N4O4. The molecule has 2 aliphatic heterocycles. The molecule has 29 heavy (non-hydrogen) atoms. The van der Waals surface area contributed by atoms with E-state index in [1.54, 1.807) is 4.90 Å². The van der Waals surface area contributed by atoms with Crippen LogP contribution in [0.4, 0.5) is 10.5 Å². The van der Waals surface area contributed by atoms with Crippen molar-refractivity contribution in [2.45, 2.75) is 38.7 Å². The summed E-state index contributed by atoms with van der Waals surface area (Å²) in [5, 5.41) is 12.8. The summed E-state index contributed by atoms with van der Waals surface area (Å²) < 4.78 is 7.44. The molecule has 0 bridgehead atoms. The second kappa shape index (κ2) is 8.14. The minimum absolute atomic E-state index is 0.0512. The van der Waals surface area contributed by atoms with E-state index in [2.05, 4.69) is 35.1 Å². The summed E-state index contributed by atoms with van der Waals surface area (Å²) in [4.78, 5) is 27.6. The van der Waals surface area contributed by atoms with Crippen molar-refractivity contribution in [3.05, 3.63) is 41.7 Å². The van der Waals surface area contributed by atoms with Crippen LogP contribution in [0.2, 0.25) is 0 Å². The Kier molecular flexibility index (Phi) is 5.42.